The lowest BCUT2D eigenvalue weighted by Crippen LogP contribution is -1.89. The van der Waals surface area contributed by atoms with Crippen LogP contribution in [0.25, 0.3) is 11.3 Å². The van der Waals surface area contributed by atoms with Crippen molar-refractivity contribution in [3.8, 4) is 11.3 Å². The summed E-state index contributed by atoms with van der Waals surface area (Å²) in [7, 11) is 0. The van der Waals surface area contributed by atoms with E-state index in [4.69, 9.17) is 4.42 Å². The maximum absolute atomic E-state index is 12.9. The summed E-state index contributed by atoms with van der Waals surface area (Å²) in [5.41, 5.74) is 0.715. The van der Waals surface area contributed by atoms with Crippen LogP contribution in [0.15, 0.2) is 45.2 Å². The average molecular weight is 320 g/mol. The van der Waals surface area contributed by atoms with Gasteiger partial charge in [0, 0.05) is 5.56 Å². The molecule has 0 atom stereocenters. The van der Waals surface area contributed by atoms with Gasteiger partial charge >= 0.3 is 0 Å². The first-order valence-electron chi connectivity index (χ1n) is 6.00. The lowest BCUT2D eigenvalue weighted by atomic mass is 10.2. The molecular formula is C14H9FN2O2S2. The van der Waals surface area contributed by atoms with Crippen molar-refractivity contribution in [2.75, 3.05) is 0 Å². The van der Waals surface area contributed by atoms with Crippen molar-refractivity contribution in [2.24, 2.45) is 0 Å². The minimum Gasteiger partial charge on any atom is -0.452 e. The number of aryl methyl sites for hydroxylation is 1. The van der Waals surface area contributed by atoms with Crippen LogP contribution in [0.2, 0.25) is 0 Å². The maximum Gasteiger partial charge on any atom is 0.261 e. The van der Waals surface area contributed by atoms with E-state index in [0.717, 1.165) is 16.8 Å². The zero-order valence-electron chi connectivity index (χ0n) is 10.9. The van der Waals surface area contributed by atoms with E-state index in [-0.39, 0.29) is 16.7 Å². The number of hydrogen-bond donors (Lipinski definition) is 0. The smallest absolute Gasteiger partial charge is 0.261 e. The van der Waals surface area contributed by atoms with Crippen LogP contribution < -0.4 is 0 Å². The molecule has 106 valence electrons. The van der Waals surface area contributed by atoms with Crippen LogP contribution in [0.3, 0.4) is 0 Å². The van der Waals surface area contributed by atoms with Gasteiger partial charge < -0.3 is 4.42 Å². The van der Waals surface area contributed by atoms with E-state index < -0.39 is 0 Å². The van der Waals surface area contributed by atoms with E-state index >= 15 is 0 Å². The Hall–Kier alpha value is -1.99. The number of halogens is 1. The molecule has 0 saturated heterocycles. The number of aromatic nitrogens is 2. The van der Waals surface area contributed by atoms with E-state index in [0.29, 0.717) is 15.7 Å². The van der Waals surface area contributed by atoms with Gasteiger partial charge in [-0.2, -0.15) is 0 Å². The summed E-state index contributed by atoms with van der Waals surface area (Å²) in [5, 5.41) is 8.30. The van der Waals surface area contributed by atoms with E-state index in [2.05, 4.69) is 10.2 Å². The standard InChI is InChI=1S/C14H9FN2O2S2/c1-8-16-17-14(20-8)21-13(18)12-7-6-11(19-12)9-2-4-10(15)5-3-9/h2-7H,1H3. The highest BCUT2D eigenvalue weighted by atomic mass is 32.2. The fourth-order valence-corrected chi connectivity index (χ4v) is 3.29. The van der Waals surface area contributed by atoms with Crippen molar-refractivity contribution in [3.05, 3.63) is 53.0 Å². The second-order valence-corrected chi connectivity index (χ2v) is 6.55. The Labute approximate surface area is 128 Å². The molecule has 1 aromatic carbocycles. The van der Waals surface area contributed by atoms with Gasteiger partial charge in [-0.1, -0.05) is 11.3 Å². The van der Waals surface area contributed by atoms with Crippen LogP contribution in [0, 0.1) is 12.7 Å². The fourth-order valence-electron chi connectivity index (χ4n) is 1.67. The minimum atomic E-state index is -0.316. The van der Waals surface area contributed by atoms with E-state index in [1.165, 1.54) is 23.5 Å². The van der Waals surface area contributed by atoms with Gasteiger partial charge in [-0.25, -0.2) is 4.39 Å². The van der Waals surface area contributed by atoms with Crippen molar-refractivity contribution < 1.29 is 13.6 Å². The number of benzene rings is 1. The molecule has 0 spiro atoms. The average Bonchev–Trinajstić information content (AvgIpc) is 3.09. The zero-order valence-corrected chi connectivity index (χ0v) is 12.5. The number of carbonyl (C=O) groups excluding carboxylic acids is 1. The van der Waals surface area contributed by atoms with Crippen molar-refractivity contribution >= 4 is 28.2 Å². The summed E-state index contributed by atoms with van der Waals surface area (Å²) in [4.78, 5) is 12.1. The largest absolute Gasteiger partial charge is 0.452 e. The van der Waals surface area contributed by atoms with Gasteiger partial charge in [-0.15, -0.1) is 10.2 Å². The highest BCUT2D eigenvalue weighted by Crippen LogP contribution is 2.29. The third-order valence-corrected chi connectivity index (χ3v) is 4.40. The number of hydrogen-bond acceptors (Lipinski definition) is 6. The first-order valence-corrected chi connectivity index (χ1v) is 7.63. The van der Waals surface area contributed by atoms with E-state index in [1.807, 2.05) is 6.92 Å². The van der Waals surface area contributed by atoms with Crippen LogP contribution in [-0.4, -0.2) is 15.3 Å². The first-order chi connectivity index (χ1) is 10.1. The Balaban J connectivity index is 1.78. The van der Waals surface area contributed by atoms with Gasteiger partial charge in [0.25, 0.3) is 5.12 Å². The monoisotopic (exact) mass is 320 g/mol. The molecule has 0 unspecified atom stereocenters. The Kier molecular flexibility index (Phi) is 3.85. The molecule has 2 aromatic heterocycles. The molecule has 0 N–H and O–H groups in total. The Morgan fingerprint density at radius 3 is 2.62 bits per heavy atom. The summed E-state index contributed by atoms with van der Waals surface area (Å²) < 4.78 is 19.0. The van der Waals surface area contributed by atoms with Crippen molar-refractivity contribution in [1.29, 1.82) is 0 Å². The van der Waals surface area contributed by atoms with Gasteiger partial charge in [0.05, 0.1) is 0 Å². The van der Waals surface area contributed by atoms with Crippen LogP contribution >= 0.6 is 23.1 Å². The van der Waals surface area contributed by atoms with Gasteiger partial charge in [0.15, 0.2) is 10.1 Å². The van der Waals surface area contributed by atoms with E-state index in [1.54, 1.807) is 24.3 Å². The van der Waals surface area contributed by atoms with Crippen molar-refractivity contribution in [2.45, 2.75) is 11.3 Å². The van der Waals surface area contributed by atoms with Gasteiger partial charge in [0.1, 0.15) is 16.6 Å². The van der Waals surface area contributed by atoms with Gasteiger partial charge in [-0.05, 0) is 55.1 Å². The van der Waals surface area contributed by atoms with Crippen molar-refractivity contribution in [1.82, 2.24) is 10.2 Å². The third-order valence-electron chi connectivity index (χ3n) is 2.62. The predicted molar refractivity (Wildman–Crippen MR) is 78.9 cm³/mol. The molecule has 3 aromatic rings. The fraction of sp³-hybridized carbons (Fsp3) is 0.0714. The number of thioether (sulfide) groups is 1. The summed E-state index contributed by atoms with van der Waals surface area (Å²) >= 11 is 2.33. The second-order valence-electron chi connectivity index (χ2n) is 4.15. The quantitative estimate of drug-likeness (QED) is 0.678. The third kappa shape index (κ3) is 3.20. The summed E-state index contributed by atoms with van der Waals surface area (Å²) in [6, 6.07) is 9.18. The Morgan fingerprint density at radius 1 is 1.19 bits per heavy atom. The van der Waals surface area contributed by atoms with Crippen LogP contribution in [-0.2, 0) is 0 Å². The number of carbonyl (C=O) groups is 1. The van der Waals surface area contributed by atoms with Crippen LogP contribution in [0.4, 0.5) is 4.39 Å². The van der Waals surface area contributed by atoms with Crippen molar-refractivity contribution in [3.63, 3.8) is 0 Å². The molecule has 21 heavy (non-hydrogen) atoms. The SMILES string of the molecule is Cc1nnc(SC(=O)c2ccc(-c3ccc(F)cc3)o2)s1. The number of furan rings is 1. The molecule has 0 fully saturated rings. The maximum atomic E-state index is 12.9. The van der Waals surface area contributed by atoms with E-state index in [9.17, 15) is 9.18 Å². The molecule has 0 aliphatic rings. The highest BCUT2D eigenvalue weighted by Gasteiger charge is 2.16. The predicted octanol–water partition coefficient (Wildman–Crippen LogP) is 4.18. The molecule has 0 saturated carbocycles. The highest BCUT2D eigenvalue weighted by molar-refractivity contribution is 8.15. The van der Waals surface area contributed by atoms with Crippen LogP contribution in [0.5, 0.6) is 0 Å². The lowest BCUT2D eigenvalue weighted by molar-refractivity contribution is 0.106. The lowest BCUT2D eigenvalue weighted by Gasteiger charge is -1.96. The zero-order chi connectivity index (χ0) is 14.8. The van der Waals surface area contributed by atoms with Gasteiger partial charge in [-0.3, -0.25) is 4.79 Å². The second kappa shape index (κ2) is 5.79. The summed E-state index contributed by atoms with van der Waals surface area (Å²) in [6.07, 6.45) is 0. The minimum absolute atomic E-state index is 0.229. The Morgan fingerprint density at radius 2 is 1.95 bits per heavy atom. The van der Waals surface area contributed by atoms with Crippen LogP contribution in [0.1, 0.15) is 15.6 Å². The number of nitrogens with zero attached hydrogens (tertiary/aromatic N) is 2. The molecule has 7 heteroatoms. The summed E-state index contributed by atoms with van der Waals surface area (Å²) in [6.45, 7) is 1.83. The normalized spacial score (nSPS) is 10.8. The number of rotatable bonds is 3. The molecule has 0 radical (unpaired) electrons. The molecule has 0 aliphatic heterocycles. The van der Waals surface area contributed by atoms with Gasteiger partial charge in [0.2, 0.25) is 0 Å². The molecule has 0 aliphatic carbocycles. The molecular weight excluding hydrogens is 311 g/mol. The topological polar surface area (TPSA) is 56.0 Å². The summed E-state index contributed by atoms with van der Waals surface area (Å²) in [5.74, 6) is 0.434. The molecule has 3 rings (SSSR count). The molecule has 0 bridgehead atoms. The molecule has 2 heterocycles. The molecule has 0 amide bonds. The Bertz CT molecular complexity index is 780. The first kappa shape index (κ1) is 14.0. The molecule has 4 nitrogen and oxygen atoms in total.